The minimum Gasteiger partial charge on any atom is -0.298 e. The van der Waals surface area contributed by atoms with Crippen LogP contribution in [0.1, 0.15) is 20.3 Å². The third-order valence-electron chi connectivity index (χ3n) is 2.95. The van der Waals surface area contributed by atoms with Crippen molar-refractivity contribution in [3.05, 3.63) is 35.5 Å². The van der Waals surface area contributed by atoms with Crippen LogP contribution in [0.2, 0.25) is 0 Å². The molecule has 0 aromatic carbocycles. The minimum absolute atomic E-state index is 0.0810. The molecule has 94 valence electrons. The van der Waals surface area contributed by atoms with Gasteiger partial charge in [0.1, 0.15) is 6.29 Å². The molecule has 0 fully saturated rings. The average Bonchev–Trinajstić information content (AvgIpc) is 2.22. The summed E-state index contributed by atoms with van der Waals surface area (Å²) in [5, 5.41) is 0. The molecule has 1 aliphatic rings. The molecular formula is C13H15F3O. The Bertz CT molecular complexity index is 375. The summed E-state index contributed by atoms with van der Waals surface area (Å²) in [6.45, 7) is 3.79. The number of hydrogen-bond acceptors (Lipinski definition) is 1. The van der Waals surface area contributed by atoms with Crippen LogP contribution in [0.5, 0.6) is 0 Å². The van der Waals surface area contributed by atoms with Crippen LogP contribution < -0.4 is 0 Å². The fraction of sp³-hybridized carbons (Fsp3) is 0.462. The molecule has 0 saturated heterocycles. The van der Waals surface area contributed by atoms with Gasteiger partial charge in [-0.2, -0.15) is 13.2 Å². The van der Waals surface area contributed by atoms with Crippen LogP contribution in [-0.2, 0) is 4.79 Å². The van der Waals surface area contributed by atoms with Crippen LogP contribution in [0.3, 0.4) is 0 Å². The molecular weight excluding hydrogens is 229 g/mol. The highest BCUT2D eigenvalue weighted by molar-refractivity contribution is 5.81. The van der Waals surface area contributed by atoms with Crippen LogP contribution in [0.15, 0.2) is 35.5 Å². The second kappa shape index (κ2) is 5.34. The molecule has 2 atom stereocenters. The number of aldehydes is 1. The molecule has 0 aliphatic heterocycles. The van der Waals surface area contributed by atoms with Crippen LogP contribution in [-0.4, -0.2) is 12.5 Å². The van der Waals surface area contributed by atoms with Gasteiger partial charge in [-0.3, -0.25) is 4.79 Å². The zero-order chi connectivity index (χ0) is 13.1. The van der Waals surface area contributed by atoms with Gasteiger partial charge in [0.05, 0.1) is 5.57 Å². The summed E-state index contributed by atoms with van der Waals surface area (Å²) < 4.78 is 38.1. The maximum absolute atomic E-state index is 12.7. The average molecular weight is 244 g/mol. The van der Waals surface area contributed by atoms with E-state index in [1.165, 1.54) is 12.2 Å². The molecule has 1 rings (SSSR count). The predicted molar refractivity (Wildman–Crippen MR) is 60.4 cm³/mol. The van der Waals surface area contributed by atoms with E-state index in [1.807, 2.05) is 13.8 Å². The summed E-state index contributed by atoms with van der Waals surface area (Å²) >= 11 is 0. The number of hydrogen-bond donors (Lipinski definition) is 0. The summed E-state index contributed by atoms with van der Waals surface area (Å²) in [6, 6.07) is 0. The molecule has 0 spiro atoms. The second-order valence-electron chi connectivity index (χ2n) is 4.13. The third kappa shape index (κ3) is 3.32. The second-order valence-corrected chi connectivity index (χ2v) is 4.13. The monoisotopic (exact) mass is 244 g/mol. The van der Waals surface area contributed by atoms with Gasteiger partial charge >= 0.3 is 6.18 Å². The SMILES string of the molecule is CCC1\C=C/C=C(C(F)(F)F)\C(C=O)=C\[C@H]1C. The highest BCUT2D eigenvalue weighted by Crippen LogP contribution is 2.33. The van der Waals surface area contributed by atoms with E-state index in [2.05, 4.69) is 0 Å². The van der Waals surface area contributed by atoms with Gasteiger partial charge in [0, 0.05) is 5.57 Å². The maximum atomic E-state index is 12.7. The summed E-state index contributed by atoms with van der Waals surface area (Å²) in [4.78, 5) is 10.8. The van der Waals surface area contributed by atoms with Crippen LogP contribution in [0.4, 0.5) is 13.2 Å². The molecule has 1 nitrogen and oxygen atoms in total. The van der Waals surface area contributed by atoms with Gasteiger partial charge in [-0.25, -0.2) is 0 Å². The van der Waals surface area contributed by atoms with Gasteiger partial charge in [-0.15, -0.1) is 0 Å². The lowest BCUT2D eigenvalue weighted by Gasteiger charge is -2.20. The Kier molecular flexibility index (Phi) is 4.32. The van der Waals surface area contributed by atoms with E-state index in [0.29, 0.717) is 0 Å². The van der Waals surface area contributed by atoms with Gasteiger partial charge in [-0.1, -0.05) is 32.1 Å². The van der Waals surface area contributed by atoms with Crippen molar-refractivity contribution in [1.29, 1.82) is 0 Å². The Morgan fingerprint density at radius 1 is 1.41 bits per heavy atom. The van der Waals surface area contributed by atoms with E-state index in [1.54, 1.807) is 6.08 Å². The highest BCUT2D eigenvalue weighted by atomic mass is 19.4. The lowest BCUT2D eigenvalue weighted by atomic mass is 9.86. The van der Waals surface area contributed by atoms with E-state index >= 15 is 0 Å². The fourth-order valence-corrected chi connectivity index (χ4v) is 1.93. The zero-order valence-electron chi connectivity index (χ0n) is 9.79. The van der Waals surface area contributed by atoms with Crippen molar-refractivity contribution in [2.45, 2.75) is 26.4 Å². The molecule has 1 unspecified atom stereocenters. The Balaban J connectivity index is 3.22. The Morgan fingerprint density at radius 3 is 2.53 bits per heavy atom. The smallest absolute Gasteiger partial charge is 0.298 e. The van der Waals surface area contributed by atoms with Crippen molar-refractivity contribution >= 4 is 6.29 Å². The standard InChI is InChI=1S/C13H15F3O/c1-3-10-5-4-6-12(13(14,15)16)11(8-17)7-9(10)2/h4-10H,3H2,1-2H3/b5-4-,11-7+,12-6+/t9-,10?/m1/s1. The predicted octanol–water partition coefficient (Wildman–Crippen LogP) is 3.83. The quantitative estimate of drug-likeness (QED) is 0.674. The fourth-order valence-electron chi connectivity index (χ4n) is 1.93. The molecule has 0 aromatic rings. The first kappa shape index (κ1) is 13.7. The van der Waals surface area contributed by atoms with Gasteiger partial charge < -0.3 is 0 Å². The number of allylic oxidation sites excluding steroid dienone is 6. The van der Waals surface area contributed by atoms with E-state index in [4.69, 9.17) is 0 Å². The first-order valence-electron chi connectivity index (χ1n) is 5.53. The number of rotatable bonds is 2. The first-order chi connectivity index (χ1) is 7.90. The number of alkyl halides is 3. The molecule has 0 bridgehead atoms. The first-order valence-corrected chi connectivity index (χ1v) is 5.53. The maximum Gasteiger partial charge on any atom is 0.417 e. The van der Waals surface area contributed by atoms with Crippen LogP contribution in [0.25, 0.3) is 0 Å². The lowest BCUT2D eigenvalue weighted by molar-refractivity contribution is -0.108. The van der Waals surface area contributed by atoms with Gasteiger partial charge in [0.2, 0.25) is 0 Å². The molecule has 0 saturated carbocycles. The minimum atomic E-state index is -4.49. The lowest BCUT2D eigenvalue weighted by Crippen LogP contribution is -2.17. The largest absolute Gasteiger partial charge is 0.417 e. The molecule has 0 N–H and O–H groups in total. The van der Waals surface area contributed by atoms with Gasteiger partial charge in [0.15, 0.2) is 0 Å². The summed E-state index contributed by atoms with van der Waals surface area (Å²) in [5.41, 5.74) is -1.14. The van der Waals surface area contributed by atoms with Gasteiger partial charge in [-0.05, 0) is 24.3 Å². The van der Waals surface area contributed by atoms with Crippen LogP contribution in [0, 0.1) is 11.8 Å². The summed E-state index contributed by atoms with van der Waals surface area (Å²) in [5.74, 6) is 0.0819. The van der Waals surface area contributed by atoms with Crippen molar-refractivity contribution in [3.8, 4) is 0 Å². The van der Waals surface area contributed by atoms with E-state index in [0.717, 1.165) is 12.5 Å². The number of carbonyl (C=O) groups excluding carboxylic acids is 1. The van der Waals surface area contributed by atoms with E-state index in [9.17, 15) is 18.0 Å². The van der Waals surface area contributed by atoms with Crippen molar-refractivity contribution in [2.24, 2.45) is 11.8 Å². The molecule has 4 heteroatoms. The van der Waals surface area contributed by atoms with Crippen molar-refractivity contribution < 1.29 is 18.0 Å². The highest BCUT2D eigenvalue weighted by Gasteiger charge is 2.36. The molecule has 0 radical (unpaired) electrons. The number of carbonyl (C=O) groups is 1. The van der Waals surface area contributed by atoms with E-state index in [-0.39, 0.29) is 23.7 Å². The van der Waals surface area contributed by atoms with Crippen molar-refractivity contribution in [2.75, 3.05) is 0 Å². The molecule has 0 heterocycles. The molecule has 17 heavy (non-hydrogen) atoms. The van der Waals surface area contributed by atoms with Crippen molar-refractivity contribution in [3.63, 3.8) is 0 Å². The van der Waals surface area contributed by atoms with E-state index < -0.39 is 11.7 Å². The summed E-state index contributed by atoms with van der Waals surface area (Å²) in [6.07, 6.45) is 2.14. The Labute approximate surface area is 98.7 Å². The third-order valence-corrected chi connectivity index (χ3v) is 2.95. The van der Waals surface area contributed by atoms with Crippen LogP contribution >= 0.6 is 0 Å². The Morgan fingerprint density at radius 2 is 2.06 bits per heavy atom. The Hall–Kier alpha value is -1.32. The molecule has 0 amide bonds. The molecule has 0 aromatic heterocycles. The van der Waals surface area contributed by atoms with Gasteiger partial charge in [0.25, 0.3) is 0 Å². The number of halogens is 3. The molecule has 1 aliphatic carbocycles. The zero-order valence-corrected chi connectivity index (χ0v) is 9.79. The summed E-state index contributed by atoms with van der Waals surface area (Å²) in [7, 11) is 0. The topological polar surface area (TPSA) is 17.1 Å². The normalized spacial score (nSPS) is 33.7. The van der Waals surface area contributed by atoms with Crippen molar-refractivity contribution in [1.82, 2.24) is 0 Å².